The van der Waals surface area contributed by atoms with Gasteiger partial charge in [0, 0.05) is 0 Å². The van der Waals surface area contributed by atoms with Crippen molar-refractivity contribution in [1.29, 1.82) is 0 Å². The van der Waals surface area contributed by atoms with Crippen molar-refractivity contribution in [3.8, 4) is 0 Å². The number of hydrogen-bond donors (Lipinski definition) is 0. The Hall–Kier alpha value is -1.53. The zero-order chi connectivity index (χ0) is 17.1. The van der Waals surface area contributed by atoms with Crippen molar-refractivity contribution in [2.45, 2.75) is 5.66 Å². The molecule has 1 nitrogen and oxygen atoms in total. The maximum atomic E-state index is 7.47. The molecule has 0 fully saturated rings. The Bertz CT molecular complexity index is 751. The molecule has 0 bridgehead atoms. The van der Waals surface area contributed by atoms with Gasteiger partial charge in [-0.25, -0.2) is 0 Å². The van der Waals surface area contributed by atoms with Crippen LogP contribution in [0.4, 0.5) is 0 Å². The summed E-state index contributed by atoms with van der Waals surface area (Å²) in [7, 11) is 1.64. The molecule has 24 heavy (non-hydrogen) atoms. The number of rotatable bonds is 4. The Kier molecular flexibility index (Phi) is 4.88. The molecule has 1 aliphatic carbocycles. The molecular weight excluding hydrogens is 358 g/mol. The fraction of sp³-hybridized carbons (Fsp3) is 0.100. The minimum atomic E-state index is -3.55. The standard InChI is InChI=1S/C20H19Cl2OP/c1-23-16-17-10-8-9-15-20(17)24(21,22,18-11-4-2-5-12-18)19-13-6-3-7-14-19/h2-16,20H,1H3. The van der Waals surface area contributed by atoms with Crippen LogP contribution in [0.1, 0.15) is 0 Å². The number of allylic oxidation sites excluding steroid dienone is 5. The summed E-state index contributed by atoms with van der Waals surface area (Å²) >= 11 is 14.9. The Morgan fingerprint density at radius 3 is 1.92 bits per heavy atom. The van der Waals surface area contributed by atoms with Crippen LogP contribution in [0.3, 0.4) is 0 Å². The zero-order valence-corrected chi connectivity index (χ0v) is 15.8. The molecule has 0 aliphatic heterocycles. The first-order chi connectivity index (χ1) is 11.6. The van der Waals surface area contributed by atoms with Crippen LogP contribution in [0.2, 0.25) is 0 Å². The molecule has 3 rings (SSSR count). The molecule has 0 N–H and O–H groups in total. The van der Waals surface area contributed by atoms with Crippen molar-refractivity contribution in [1.82, 2.24) is 0 Å². The third-order valence-electron chi connectivity index (χ3n) is 4.24. The van der Waals surface area contributed by atoms with Crippen LogP contribution in [-0.2, 0) is 4.74 Å². The molecule has 0 radical (unpaired) electrons. The first-order valence-electron chi connectivity index (χ1n) is 7.71. The van der Waals surface area contributed by atoms with Gasteiger partial charge in [-0.2, -0.15) is 0 Å². The summed E-state index contributed by atoms with van der Waals surface area (Å²) in [6.45, 7) is 0. The molecule has 0 saturated carbocycles. The van der Waals surface area contributed by atoms with Crippen LogP contribution in [0.25, 0.3) is 0 Å². The molecule has 0 aromatic heterocycles. The predicted molar refractivity (Wildman–Crippen MR) is 108 cm³/mol. The average molecular weight is 377 g/mol. The van der Waals surface area contributed by atoms with Crippen LogP contribution in [0.15, 0.2) is 96.8 Å². The number of hydrogen-bond acceptors (Lipinski definition) is 1. The molecule has 1 unspecified atom stereocenters. The van der Waals surface area contributed by atoms with Gasteiger partial charge < -0.3 is 0 Å². The van der Waals surface area contributed by atoms with E-state index in [2.05, 4.69) is 6.08 Å². The predicted octanol–water partition coefficient (Wildman–Crippen LogP) is 5.52. The summed E-state index contributed by atoms with van der Waals surface area (Å²) in [4.78, 5) is 0. The molecule has 2 aromatic carbocycles. The summed E-state index contributed by atoms with van der Waals surface area (Å²) in [5, 5.41) is -1.65. The van der Waals surface area contributed by atoms with Gasteiger partial charge in [-0.05, 0) is 0 Å². The Morgan fingerprint density at radius 1 is 0.875 bits per heavy atom. The van der Waals surface area contributed by atoms with Gasteiger partial charge in [-0.1, -0.05) is 0 Å². The topological polar surface area (TPSA) is 9.23 Å². The van der Waals surface area contributed by atoms with Gasteiger partial charge in [0.05, 0.1) is 0 Å². The average Bonchev–Trinajstić information content (AvgIpc) is 2.64. The van der Waals surface area contributed by atoms with E-state index in [0.29, 0.717) is 0 Å². The third kappa shape index (κ3) is 2.82. The molecule has 0 amide bonds. The summed E-state index contributed by atoms with van der Waals surface area (Å²) in [6, 6.07) is 19.9. The van der Waals surface area contributed by atoms with Gasteiger partial charge in [-0.3, -0.25) is 0 Å². The van der Waals surface area contributed by atoms with Crippen LogP contribution in [0, 0.1) is 0 Å². The SMILES string of the molecule is COC=C1C=CC=CC1P(Cl)(Cl)(c1ccccc1)c1ccccc1. The van der Waals surface area contributed by atoms with Gasteiger partial charge >= 0.3 is 153 Å². The van der Waals surface area contributed by atoms with Gasteiger partial charge in [0.25, 0.3) is 0 Å². The van der Waals surface area contributed by atoms with Crippen LogP contribution in [0.5, 0.6) is 0 Å². The Balaban J connectivity index is 2.30. The van der Waals surface area contributed by atoms with E-state index in [1.165, 1.54) is 0 Å². The van der Waals surface area contributed by atoms with Crippen molar-refractivity contribution in [2.75, 3.05) is 7.11 Å². The molecule has 0 heterocycles. The number of halogens is 2. The summed E-state index contributed by atoms with van der Waals surface area (Å²) in [5.74, 6) is 0. The van der Waals surface area contributed by atoms with Crippen molar-refractivity contribution in [2.24, 2.45) is 0 Å². The molecule has 2 aromatic rings. The van der Waals surface area contributed by atoms with E-state index >= 15 is 0 Å². The molecule has 0 saturated heterocycles. The monoisotopic (exact) mass is 376 g/mol. The van der Waals surface area contributed by atoms with E-state index in [9.17, 15) is 0 Å². The van der Waals surface area contributed by atoms with Crippen molar-refractivity contribution in [3.63, 3.8) is 0 Å². The Morgan fingerprint density at radius 2 is 1.42 bits per heavy atom. The molecule has 0 spiro atoms. The summed E-state index contributed by atoms with van der Waals surface area (Å²) < 4.78 is 5.28. The van der Waals surface area contributed by atoms with E-state index < -0.39 is 5.31 Å². The first-order valence-corrected chi connectivity index (χ1v) is 11.8. The molecule has 4 heteroatoms. The Labute approximate surface area is 152 Å². The minimum absolute atomic E-state index is 0.172. The van der Waals surface area contributed by atoms with E-state index in [1.54, 1.807) is 13.4 Å². The van der Waals surface area contributed by atoms with E-state index in [4.69, 9.17) is 27.2 Å². The fourth-order valence-electron chi connectivity index (χ4n) is 3.08. The van der Waals surface area contributed by atoms with Gasteiger partial charge in [0.15, 0.2) is 0 Å². The van der Waals surface area contributed by atoms with E-state index in [1.807, 2.05) is 78.9 Å². The third-order valence-corrected chi connectivity index (χ3v) is 11.8. The fourth-order valence-corrected chi connectivity index (χ4v) is 8.95. The second kappa shape index (κ2) is 6.76. The quantitative estimate of drug-likeness (QED) is 0.503. The van der Waals surface area contributed by atoms with Gasteiger partial charge in [-0.15, -0.1) is 0 Å². The van der Waals surface area contributed by atoms with Crippen molar-refractivity contribution < 1.29 is 4.74 Å². The van der Waals surface area contributed by atoms with E-state index in [-0.39, 0.29) is 5.66 Å². The number of ether oxygens (including phenoxy) is 1. The van der Waals surface area contributed by atoms with Gasteiger partial charge in [0.2, 0.25) is 0 Å². The van der Waals surface area contributed by atoms with Crippen LogP contribution >= 0.6 is 27.8 Å². The first kappa shape index (κ1) is 17.3. The van der Waals surface area contributed by atoms with Crippen LogP contribution < -0.4 is 10.6 Å². The van der Waals surface area contributed by atoms with E-state index in [0.717, 1.165) is 16.2 Å². The molecule has 1 atom stereocenters. The molecular formula is C20H19Cl2OP. The second-order valence-electron chi connectivity index (χ2n) is 5.68. The number of methoxy groups -OCH3 is 1. The maximum absolute atomic E-state index is 7.47. The second-order valence-corrected chi connectivity index (χ2v) is 13.9. The normalized spacial score (nSPS) is 20.5. The number of benzene rings is 2. The molecule has 1 aliphatic rings. The van der Waals surface area contributed by atoms with Crippen molar-refractivity contribution >= 4 is 38.4 Å². The summed E-state index contributed by atoms with van der Waals surface area (Å²) in [6.07, 6.45) is 9.77. The molecule has 124 valence electrons. The van der Waals surface area contributed by atoms with Crippen molar-refractivity contribution in [3.05, 3.63) is 96.8 Å². The zero-order valence-electron chi connectivity index (χ0n) is 13.3. The van der Waals surface area contributed by atoms with Gasteiger partial charge in [0.1, 0.15) is 0 Å². The summed E-state index contributed by atoms with van der Waals surface area (Å²) in [5.41, 5.74) is 0.796. The van der Waals surface area contributed by atoms with Crippen LogP contribution in [-0.4, -0.2) is 12.8 Å².